The van der Waals surface area contributed by atoms with Gasteiger partial charge >= 0.3 is 5.97 Å². The minimum atomic E-state index is 0.0675. The van der Waals surface area contributed by atoms with Crippen molar-refractivity contribution in [3.05, 3.63) is 0 Å². The third-order valence-corrected chi connectivity index (χ3v) is 8.22. The normalized spacial score (nSPS) is 12.3. The number of unbranched alkanes of at least 4 members (excludes halogenated alkanes) is 22. The van der Waals surface area contributed by atoms with Gasteiger partial charge in [-0.15, -0.1) is 0 Å². The number of esters is 1. The molecule has 0 saturated heterocycles. The van der Waals surface area contributed by atoms with Gasteiger partial charge in [0.1, 0.15) is 6.10 Å². The van der Waals surface area contributed by atoms with Crippen molar-refractivity contribution in [3.63, 3.8) is 0 Å². The van der Waals surface area contributed by atoms with Crippen molar-refractivity contribution in [1.29, 1.82) is 0 Å². The summed E-state index contributed by atoms with van der Waals surface area (Å²) in [5.74, 6) is 0.897. The molecule has 0 aromatic rings. The van der Waals surface area contributed by atoms with Gasteiger partial charge < -0.3 is 4.74 Å². The summed E-state index contributed by atoms with van der Waals surface area (Å²) in [6.45, 7) is 9.21. The Labute approximate surface area is 241 Å². The zero-order chi connectivity index (χ0) is 27.9. The molecule has 0 heterocycles. The fourth-order valence-corrected chi connectivity index (χ4v) is 5.58. The lowest BCUT2D eigenvalue weighted by Gasteiger charge is -2.18. The summed E-state index contributed by atoms with van der Waals surface area (Å²) in [6, 6.07) is 0. The molecule has 0 rings (SSSR count). The average Bonchev–Trinajstić information content (AvgIpc) is 2.89. The van der Waals surface area contributed by atoms with E-state index in [4.69, 9.17) is 4.74 Å². The molecule has 0 aliphatic carbocycles. The molecule has 0 radical (unpaired) electrons. The Bertz CT molecular complexity index is 458. The number of hydrogen-bond acceptors (Lipinski definition) is 2. The quantitative estimate of drug-likeness (QED) is 0.0650. The lowest BCUT2D eigenvalue weighted by atomic mass is 10.0. The molecule has 0 spiro atoms. The van der Waals surface area contributed by atoms with E-state index in [2.05, 4.69) is 27.7 Å². The van der Waals surface area contributed by atoms with Crippen LogP contribution in [-0.4, -0.2) is 12.1 Å². The van der Waals surface area contributed by atoms with Gasteiger partial charge in [0.2, 0.25) is 0 Å². The maximum absolute atomic E-state index is 12.6. The molecule has 38 heavy (non-hydrogen) atoms. The molecule has 0 aliphatic heterocycles. The Morgan fingerprint density at radius 2 is 0.763 bits per heavy atom. The highest BCUT2D eigenvalue weighted by atomic mass is 16.5. The zero-order valence-corrected chi connectivity index (χ0v) is 27.0. The van der Waals surface area contributed by atoms with Gasteiger partial charge in [0, 0.05) is 6.42 Å². The maximum atomic E-state index is 12.6. The summed E-state index contributed by atoms with van der Waals surface area (Å²) in [7, 11) is 0. The Hall–Kier alpha value is -0.530. The van der Waals surface area contributed by atoms with Crippen molar-refractivity contribution in [1.82, 2.24) is 0 Å². The first-order chi connectivity index (χ1) is 18.6. The van der Waals surface area contributed by atoms with Crippen molar-refractivity contribution in [2.24, 2.45) is 5.92 Å². The van der Waals surface area contributed by atoms with E-state index in [0.29, 0.717) is 6.42 Å². The van der Waals surface area contributed by atoms with Crippen molar-refractivity contribution < 1.29 is 9.53 Å². The van der Waals surface area contributed by atoms with Gasteiger partial charge in [-0.2, -0.15) is 0 Å². The smallest absolute Gasteiger partial charge is 0.306 e. The Morgan fingerprint density at radius 1 is 0.447 bits per heavy atom. The summed E-state index contributed by atoms with van der Waals surface area (Å²) in [5, 5.41) is 0. The first kappa shape index (κ1) is 37.5. The van der Waals surface area contributed by atoms with E-state index >= 15 is 0 Å². The van der Waals surface area contributed by atoms with E-state index in [1.54, 1.807) is 0 Å². The summed E-state index contributed by atoms with van der Waals surface area (Å²) < 4.78 is 6.03. The van der Waals surface area contributed by atoms with Crippen molar-refractivity contribution in [2.45, 2.75) is 220 Å². The molecule has 0 fully saturated rings. The first-order valence-corrected chi connectivity index (χ1v) is 17.8. The van der Waals surface area contributed by atoms with Gasteiger partial charge in [-0.1, -0.05) is 175 Å². The second kappa shape index (κ2) is 31.0. The van der Waals surface area contributed by atoms with E-state index in [-0.39, 0.29) is 12.1 Å². The molecule has 0 bridgehead atoms. The highest BCUT2D eigenvalue weighted by Gasteiger charge is 2.14. The van der Waals surface area contributed by atoms with Crippen LogP contribution in [0.3, 0.4) is 0 Å². The van der Waals surface area contributed by atoms with E-state index in [0.717, 1.165) is 25.2 Å². The largest absolute Gasteiger partial charge is 0.462 e. The molecule has 2 heteroatoms. The summed E-state index contributed by atoms with van der Waals surface area (Å²) >= 11 is 0. The second-order valence-corrected chi connectivity index (χ2v) is 12.8. The molecule has 1 atom stereocenters. The molecule has 0 aromatic heterocycles. The standard InChI is InChI=1S/C36H72O2/c1-5-7-9-11-13-15-16-18-19-23-27-31-35(32-28-24-21-22-26-30-34(3)4)38-36(37)33-29-25-20-17-14-12-10-8-6-2/h34-35H,5-33H2,1-4H3. The molecule has 228 valence electrons. The molecule has 0 aliphatic rings. The minimum absolute atomic E-state index is 0.0675. The van der Waals surface area contributed by atoms with Crippen LogP contribution in [0.25, 0.3) is 0 Å². The van der Waals surface area contributed by atoms with Gasteiger partial charge in [-0.05, 0) is 38.0 Å². The molecule has 0 N–H and O–H groups in total. The highest BCUT2D eigenvalue weighted by Crippen LogP contribution is 2.19. The van der Waals surface area contributed by atoms with Crippen LogP contribution in [0.5, 0.6) is 0 Å². The number of rotatable bonds is 31. The number of carbonyl (C=O) groups excluding carboxylic acids is 1. The van der Waals surface area contributed by atoms with Gasteiger partial charge in [0.05, 0.1) is 0 Å². The summed E-state index contributed by atoms with van der Waals surface area (Å²) in [4.78, 5) is 12.6. The molecule has 0 saturated carbocycles. The molecule has 1 unspecified atom stereocenters. The Balaban J connectivity index is 4.04. The summed E-state index contributed by atoms with van der Waals surface area (Å²) in [6.07, 6.45) is 37.6. The predicted octanol–water partition coefficient (Wildman–Crippen LogP) is 12.9. The topological polar surface area (TPSA) is 26.3 Å². The van der Waals surface area contributed by atoms with Crippen LogP contribution >= 0.6 is 0 Å². The van der Waals surface area contributed by atoms with Crippen LogP contribution in [0.1, 0.15) is 214 Å². The van der Waals surface area contributed by atoms with Crippen LogP contribution in [0.15, 0.2) is 0 Å². The maximum Gasteiger partial charge on any atom is 0.306 e. The SMILES string of the molecule is CCCCCCCCCCCCCC(CCCCCCCC(C)C)OC(=O)CCCCCCCCCCC. The monoisotopic (exact) mass is 537 g/mol. The zero-order valence-electron chi connectivity index (χ0n) is 27.0. The van der Waals surface area contributed by atoms with Gasteiger partial charge in [-0.3, -0.25) is 4.79 Å². The number of hydrogen-bond donors (Lipinski definition) is 0. The molecular formula is C36H72O2. The molecule has 2 nitrogen and oxygen atoms in total. The van der Waals surface area contributed by atoms with Crippen LogP contribution in [0.2, 0.25) is 0 Å². The predicted molar refractivity (Wildman–Crippen MR) is 170 cm³/mol. The first-order valence-electron chi connectivity index (χ1n) is 17.8. The van der Waals surface area contributed by atoms with Crippen LogP contribution in [0, 0.1) is 5.92 Å². The van der Waals surface area contributed by atoms with Crippen molar-refractivity contribution in [2.75, 3.05) is 0 Å². The number of ether oxygens (including phenoxy) is 1. The summed E-state index contributed by atoms with van der Waals surface area (Å²) in [5.41, 5.74) is 0. The van der Waals surface area contributed by atoms with E-state index < -0.39 is 0 Å². The van der Waals surface area contributed by atoms with Gasteiger partial charge in [0.15, 0.2) is 0 Å². The minimum Gasteiger partial charge on any atom is -0.462 e. The third kappa shape index (κ3) is 30.0. The Kier molecular flexibility index (Phi) is 30.6. The van der Waals surface area contributed by atoms with E-state index in [9.17, 15) is 4.79 Å². The van der Waals surface area contributed by atoms with E-state index in [1.807, 2.05) is 0 Å². The fourth-order valence-electron chi connectivity index (χ4n) is 5.58. The lowest BCUT2D eigenvalue weighted by molar-refractivity contribution is -0.150. The lowest BCUT2D eigenvalue weighted by Crippen LogP contribution is -2.18. The molecular weight excluding hydrogens is 464 g/mol. The van der Waals surface area contributed by atoms with Gasteiger partial charge in [-0.25, -0.2) is 0 Å². The number of carbonyl (C=O) groups is 1. The molecule has 0 amide bonds. The Morgan fingerprint density at radius 3 is 1.13 bits per heavy atom. The van der Waals surface area contributed by atoms with E-state index in [1.165, 1.54) is 161 Å². The average molecular weight is 537 g/mol. The second-order valence-electron chi connectivity index (χ2n) is 12.8. The van der Waals surface area contributed by atoms with Gasteiger partial charge in [0.25, 0.3) is 0 Å². The van der Waals surface area contributed by atoms with Crippen LogP contribution in [-0.2, 0) is 9.53 Å². The van der Waals surface area contributed by atoms with Crippen LogP contribution in [0.4, 0.5) is 0 Å². The highest BCUT2D eigenvalue weighted by molar-refractivity contribution is 5.69. The third-order valence-electron chi connectivity index (χ3n) is 8.22. The van der Waals surface area contributed by atoms with Crippen LogP contribution < -0.4 is 0 Å². The fraction of sp³-hybridized carbons (Fsp3) is 0.972. The molecule has 0 aromatic carbocycles. The van der Waals surface area contributed by atoms with Crippen molar-refractivity contribution in [3.8, 4) is 0 Å². The van der Waals surface area contributed by atoms with Crippen molar-refractivity contribution >= 4 is 5.97 Å².